The van der Waals surface area contributed by atoms with Crippen LogP contribution in [0, 0.1) is 0 Å². The van der Waals surface area contributed by atoms with Crippen molar-refractivity contribution < 1.29 is 18.3 Å². The molecular formula is C21H25F2N7O2. The zero-order chi connectivity index (χ0) is 22.6. The van der Waals surface area contributed by atoms with Gasteiger partial charge in [0.2, 0.25) is 0 Å². The number of fused-ring (bicyclic) bond motifs is 3. The fraction of sp³-hybridized carbons (Fsp3) is 0.524. The van der Waals surface area contributed by atoms with E-state index >= 15 is 0 Å². The Bertz CT molecular complexity index is 1140. The highest BCUT2D eigenvalue weighted by molar-refractivity contribution is 5.78. The smallest absolute Gasteiger partial charge is 0.410 e. The first kappa shape index (κ1) is 20.7. The molecule has 3 aromatic rings. The number of piperazine rings is 1. The first-order valence-electron chi connectivity index (χ1n) is 10.6. The Morgan fingerprint density at radius 2 is 1.84 bits per heavy atom. The van der Waals surface area contributed by atoms with Crippen LogP contribution in [0.3, 0.4) is 0 Å². The van der Waals surface area contributed by atoms with Crippen molar-refractivity contribution >= 4 is 17.4 Å². The van der Waals surface area contributed by atoms with Crippen LogP contribution in [0.2, 0.25) is 0 Å². The normalized spacial score (nSPS) is 21.1. The molecule has 2 bridgehead atoms. The molecule has 5 heterocycles. The molecule has 2 fully saturated rings. The third kappa shape index (κ3) is 3.65. The predicted octanol–water partition coefficient (Wildman–Crippen LogP) is 3.58. The Kier molecular flexibility index (Phi) is 4.79. The van der Waals surface area contributed by atoms with Gasteiger partial charge in [0.25, 0.3) is 0 Å². The van der Waals surface area contributed by atoms with Crippen molar-refractivity contribution in [2.24, 2.45) is 0 Å². The molecule has 0 aromatic carbocycles. The van der Waals surface area contributed by atoms with E-state index in [0.29, 0.717) is 23.3 Å². The van der Waals surface area contributed by atoms with Gasteiger partial charge in [-0.05, 0) is 39.7 Å². The number of amides is 1. The standard InChI is InChI=1S/C21H25F2N7O2/c1-21(2,3)32-20(31)30-15-4-5-16(30)11-27(10-15)18-17-6-13(8-28(17)26-12-24-18)14-7-25-29(9-14)19(22)23/h6-9,12,15-16,19H,4-5,10-11H2,1-3H3. The minimum Gasteiger partial charge on any atom is -0.444 e. The molecule has 2 aliphatic heterocycles. The number of ether oxygens (including phenoxy) is 1. The molecule has 3 aromatic heterocycles. The van der Waals surface area contributed by atoms with Crippen molar-refractivity contribution in [3.8, 4) is 11.1 Å². The fourth-order valence-corrected chi connectivity index (χ4v) is 4.60. The van der Waals surface area contributed by atoms with Gasteiger partial charge in [0.05, 0.1) is 18.3 Å². The molecule has 2 aliphatic rings. The van der Waals surface area contributed by atoms with Crippen LogP contribution in [0.15, 0.2) is 31.0 Å². The Hall–Kier alpha value is -3.24. The SMILES string of the molecule is CC(C)(C)OC(=O)N1C2CCC1CN(c1ncnn3cc(-c4cnn(C(F)F)c4)cc13)C2. The molecule has 2 atom stereocenters. The zero-order valence-corrected chi connectivity index (χ0v) is 18.2. The third-order valence-electron chi connectivity index (χ3n) is 5.91. The number of hydrogen-bond acceptors (Lipinski definition) is 6. The largest absolute Gasteiger partial charge is 0.444 e. The molecule has 0 radical (unpaired) electrons. The number of hydrogen-bond donors (Lipinski definition) is 0. The molecule has 9 nitrogen and oxygen atoms in total. The molecule has 2 saturated heterocycles. The highest BCUT2D eigenvalue weighted by Crippen LogP contribution is 2.35. The van der Waals surface area contributed by atoms with Gasteiger partial charge in [-0.2, -0.15) is 19.0 Å². The van der Waals surface area contributed by atoms with Gasteiger partial charge >= 0.3 is 12.6 Å². The fourth-order valence-electron chi connectivity index (χ4n) is 4.60. The number of carbonyl (C=O) groups is 1. The van der Waals surface area contributed by atoms with Crippen molar-refractivity contribution in [3.05, 3.63) is 31.0 Å². The van der Waals surface area contributed by atoms with Crippen LogP contribution in [-0.4, -0.2) is 66.1 Å². The third-order valence-corrected chi connectivity index (χ3v) is 5.91. The van der Waals surface area contributed by atoms with Gasteiger partial charge in [-0.25, -0.2) is 19.0 Å². The number of carbonyl (C=O) groups excluding carboxylic acids is 1. The van der Waals surface area contributed by atoms with E-state index in [9.17, 15) is 13.6 Å². The lowest BCUT2D eigenvalue weighted by molar-refractivity contribution is 0.0123. The van der Waals surface area contributed by atoms with Crippen LogP contribution in [0.4, 0.5) is 19.4 Å². The highest BCUT2D eigenvalue weighted by Gasteiger charge is 2.44. The van der Waals surface area contributed by atoms with Gasteiger partial charge in [-0.3, -0.25) is 4.90 Å². The van der Waals surface area contributed by atoms with Crippen molar-refractivity contribution in [3.63, 3.8) is 0 Å². The van der Waals surface area contributed by atoms with Crippen LogP contribution < -0.4 is 4.90 Å². The van der Waals surface area contributed by atoms with E-state index in [1.54, 1.807) is 10.7 Å². The summed E-state index contributed by atoms with van der Waals surface area (Å²) in [4.78, 5) is 21.3. The molecule has 32 heavy (non-hydrogen) atoms. The van der Waals surface area contributed by atoms with E-state index in [1.807, 2.05) is 31.7 Å². The summed E-state index contributed by atoms with van der Waals surface area (Å²) in [6.45, 7) is 4.22. The van der Waals surface area contributed by atoms with Gasteiger partial charge in [0.1, 0.15) is 17.4 Å². The van der Waals surface area contributed by atoms with Gasteiger partial charge in [0, 0.05) is 36.6 Å². The molecule has 0 aliphatic carbocycles. The van der Waals surface area contributed by atoms with E-state index in [1.165, 1.54) is 18.7 Å². The van der Waals surface area contributed by atoms with Crippen LogP contribution in [0.1, 0.15) is 40.2 Å². The lowest BCUT2D eigenvalue weighted by Gasteiger charge is -2.41. The molecule has 11 heteroatoms. The second-order valence-corrected chi connectivity index (χ2v) is 9.31. The van der Waals surface area contributed by atoms with Crippen LogP contribution in [-0.2, 0) is 4.74 Å². The van der Waals surface area contributed by atoms with Crippen LogP contribution in [0.5, 0.6) is 0 Å². The summed E-state index contributed by atoms with van der Waals surface area (Å²) in [6.07, 6.45) is 7.55. The molecular weight excluding hydrogens is 420 g/mol. The first-order valence-corrected chi connectivity index (χ1v) is 10.6. The maximum atomic E-state index is 12.9. The van der Waals surface area contributed by atoms with Crippen molar-refractivity contribution in [2.75, 3.05) is 18.0 Å². The van der Waals surface area contributed by atoms with E-state index in [4.69, 9.17) is 4.74 Å². The number of rotatable bonds is 3. The van der Waals surface area contributed by atoms with Gasteiger partial charge in [0.15, 0.2) is 5.82 Å². The summed E-state index contributed by atoms with van der Waals surface area (Å²) >= 11 is 0. The topological polar surface area (TPSA) is 80.8 Å². The van der Waals surface area contributed by atoms with Crippen molar-refractivity contribution in [1.82, 2.24) is 29.3 Å². The second-order valence-electron chi connectivity index (χ2n) is 9.31. The van der Waals surface area contributed by atoms with Gasteiger partial charge in [-0.1, -0.05) is 0 Å². The highest BCUT2D eigenvalue weighted by atomic mass is 19.3. The number of anilines is 1. The lowest BCUT2D eigenvalue weighted by Crippen LogP contribution is -2.57. The van der Waals surface area contributed by atoms with Gasteiger partial charge < -0.3 is 9.64 Å². The predicted molar refractivity (Wildman–Crippen MR) is 113 cm³/mol. The van der Waals surface area contributed by atoms with Gasteiger partial charge in [-0.15, -0.1) is 0 Å². The first-order chi connectivity index (χ1) is 15.2. The van der Waals surface area contributed by atoms with E-state index in [-0.39, 0.29) is 18.2 Å². The Morgan fingerprint density at radius 3 is 2.47 bits per heavy atom. The lowest BCUT2D eigenvalue weighted by atomic mass is 10.1. The minimum absolute atomic E-state index is 0.0531. The Balaban J connectivity index is 1.41. The maximum Gasteiger partial charge on any atom is 0.410 e. The summed E-state index contributed by atoms with van der Waals surface area (Å²) in [5.74, 6) is 0.758. The average molecular weight is 445 g/mol. The number of halogens is 2. The number of nitrogens with zero attached hydrogens (tertiary/aromatic N) is 7. The molecule has 5 rings (SSSR count). The van der Waals surface area contributed by atoms with Crippen LogP contribution in [0.25, 0.3) is 16.6 Å². The Labute approximate surface area is 183 Å². The summed E-state index contributed by atoms with van der Waals surface area (Å²) in [7, 11) is 0. The van der Waals surface area contributed by atoms with Crippen LogP contribution >= 0.6 is 0 Å². The molecule has 2 unspecified atom stereocenters. The molecule has 0 spiro atoms. The van der Waals surface area contributed by atoms with Crippen molar-refractivity contribution in [1.29, 1.82) is 0 Å². The number of aromatic nitrogens is 5. The summed E-state index contributed by atoms with van der Waals surface area (Å²) in [6, 6.07) is 1.99. The number of alkyl halides is 2. The average Bonchev–Trinajstić information content (AvgIpc) is 3.42. The molecule has 1 amide bonds. The summed E-state index contributed by atoms with van der Waals surface area (Å²) in [5.41, 5.74) is 1.55. The summed E-state index contributed by atoms with van der Waals surface area (Å²) < 4.78 is 33.7. The second kappa shape index (κ2) is 7.42. The quantitative estimate of drug-likeness (QED) is 0.613. The molecule has 0 saturated carbocycles. The minimum atomic E-state index is -2.69. The maximum absolute atomic E-state index is 12.9. The Morgan fingerprint density at radius 1 is 1.12 bits per heavy atom. The molecule has 0 N–H and O–H groups in total. The van der Waals surface area contributed by atoms with E-state index < -0.39 is 12.2 Å². The monoisotopic (exact) mass is 445 g/mol. The summed E-state index contributed by atoms with van der Waals surface area (Å²) in [5, 5.41) is 8.00. The van der Waals surface area contributed by atoms with E-state index in [0.717, 1.165) is 29.7 Å². The molecule has 170 valence electrons. The van der Waals surface area contributed by atoms with E-state index in [2.05, 4.69) is 20.1 Å². The zero-order valence-electron chi connectivity index (χ0n) is 18.2. The van der Waals surface area contributed by atoms with Crippen molar-refractivity contribution in [2.45, 2.75) is 57.8 Å².